The van der Waals surface area contributed by atoms with E-state index in [0.717, 1.165) is 16.0 Å². The van der Waals surface area contributed by atoms with Crippen LogP contribution >= 0.6 is 11.3 Å². The number of anilines is 1. The van der Waals surface area contributed by atoms with Gasteiger partial charge >= 0.3 is 0 Å². The molecule has 0 spiro atoms. The van der Waals surface area contributed by atoms with Crippen LogP contribution in [0.2, 0.25) is 0 Å². The number of fused-ring (bicyclic) bond motifs is 1. The Morgan fingerprint density at radius 3 is 2.79 bits per heavy atom. The number of rotatable bonds is 1. The van der Waals surface area contributed by atoms with Gasteiger partial charge in [0.1, 0.15) is 10.6 Å². The molecule has 1 aromatic heterocycles. The summed E-state index contributed by atoms with van der Waals surface area (Å²) < 4.78 is 0.797. The Morgan fingerprint density at radius 2 is 2.14 bits per heavy atom. The van der Waals surface area contributed by atoms with Gasteiger partial charge in [-0.3, -0.25) is 4.79 Å². The largest absolute Gasteiger partial charge is 0.506 e. The highest BCUT2D eigenvalue weighted by Gasteiger charge is 2.15. The molecule has 0 aliphatic carbocycles. The molecule has 5 heteroatoms. The van der Waals surface area contributed by atoms with Gasteiger partial charge in [-0.05, 0) is 18.2 Å². The fraction of sp³-hybridized carbons (Fsp3) is 0. The molecule has 0 unspecified atom stereocenters. The summed E-state index contributed by atoms with van der Waals surface area (Å²) in [6.45, 7) is 0. The van der Waals surface area contributed by atoms with E-state index in [1.54, 1.807) is 18.2 Å². The Kier molecular flexibility index (Phi) is 1.82. The number of carbonyl (C=O) groups excluding carboxylic acids is 1. The van der Waals surface area contributed by atoms with Crippen LogP contribution in [-0.4, -0.2) is 11.0 Å². The number of benzene rings is 1. The summed E-state index contributed by atoms with van der Waals surface area (Å²) in [6.07, 6.45) is 0. The first-order valence-corrected chi connectivity index (χ1v) is 4.72. The molecule has 5 N–H and O–H groups in total. The molecule has 72 valence electrons. The van der Waals surface area contributed by atoms with Gasteiger partial charge in [0.2, 0.25) is 0 Å². The predicted molar refractivity (Wildman–Crippen MR) is 56.4 cm³/mol. The summed E-state index contributed by atoms with van der Waals surface area (Å²) in [5, 5.41) is 10.2. The van der Waals surface area contributed by atoms with Gasteiger partial charge in [0.05, 0.1) is 0 Å². The van der Waals surface area contributed by atoms with E-state index >= 15 is 0 Å². The third kappa shape index (κ3) is 1.18. The molecule has 1 heterocycles. The molecule has 14 heavy (non-hydrogen) atoms. The first kappa shape index (κ1) is 8.83. The molecule has 0 saturated carbocycles. The average molecular weight is 208 g/mol. The summed E-state index contributed by atoms with van der Waals surface area (Å²) in [4.78, 5) is 11.1. The molecule has 1 amide bonds. The summed E-state index contributed by atoms with van der Waals surface area (Å²) >= 11 is 1.16. The number of hydrogen-bond acceptors (Lipinski definition) is 4. The molecule has 0 atom stereocenters. The highest BCUT2D eigenvalue weighted by molar-refractivity contribution is 7.21. The van der Waals surface area contributed by atoms with Crippen LogP contribution in [0.5, 0.6) is 5.75 Å². The van der Waals surface area contributed by atoms with E-state index < -0.39 is 5.91 Å². The Hall–Kier alpha value is -1.75. The van der Waals surface area contributed by atoms with Crippen LogP contribution < -0.4 is 11.5 Å². The van der Waals surface area contributed by atoms with Crippen LogP contribution in [0.15, 0.2) is 18.2 Å². The zero-order valence-electron chi connectivity index (χ0n) is 7.15. The normalized spacial score (nSPS) is 10.6. The van der Waals surface area contributed by atoms with E-state index in [9.17, 15) is 9.90 Å². The molecular weight excluding hydrogens is 200 g/mol. The van der Waals surface area contributed by atoms with E-state index in [1.165, 1.54) is 0 Å². The first-order valence-electron chi connectivity index (χ1n) is 3.90. The molecular formula is C9H8N2O2S. The van der Waals surface area contributed by atoms with Gasteiger partial charge in [0, 0.05) is 15.8 Å². The number of nitrogens with two attached hydrogens (primary N) is 2. The zero-order valence-corrected chi connectivity index (χ0v) is 7.97. The predicted octanol–water partition coefficient (Wildman–Crippen LogP) is 1.29. The van der Waals surface area contributed by atoms with Gasteiger partial charge in [0.15, 0.2) is 0 Å². The van der Waals surface area contributed by atoms with Crippen molar-refractivity contribution >= 4 is 33.0 Å². The minimum absolute atomic E-state index is 0.0789. The number of amides is 1. The molecule has 0 radical (unpaired) electrons. The maximum absolute atomic E-state index is 10.9. The Bertz CT molecular complexity index is 519. The van der Waals surface area contributed by atoms with Crippen molar-refractivity contribution in [3.8, 4) is 5.75 Å². The summed E-state index contributed by atoms with van der Waals surface area (Å²) in [5.41, 5.74) is 11.2. The quantitative estimate of drug-likeness (QED) is 0.617. The zero-order chi connectivity index (χ0) is 10.3. The lowest BCUT2D eigenvalue weighted by molar-refractivity contribution is 0.100. The number of aromatic hydroxyl groups is 1. The lowest BCUT2D eigenvalue weighted by Gasteiger charge is -1.93. The van der Waals surface area contributed by atoms with Crippen LogP contribution in [0, 0.1) is 0 Å². The number of carbonyl (C=O) groups is 1. The molecule has 0 aliphatic rings. The van der Waals surface area contributed by atoms with Gasteiger partial charge in [-0.2, -0.15) is 0 Å². The average Bonchev–Trinajstić information content (AvgIpc) is 2.44. The van der Waals surface area contributed by atoms with Crippen LogP contribution in [0.3, 0.4) is 0 Å². The van der Waals surface area contributed by atoms with E-state index in [2.05, 4.69) is 0 Å². The van der Waals surface area contributed by atoms with Crippen molar-refractivity contribution in [3.63, 3.8) is 0 Å². The van der Waals surface area contributed by atoms with E-state index in [4.69, 9.17) is 11.5 Å². The van der Waals surface area contributed by atoms with Gasteiger partial charge in [0.25, 0.3) is 5.91 Å². The number of hydrogen-bond donors (Lipinski definition) is 3. The van der Waals surface area contributed by atoms with Gasteiger partial charge in [-0.25, -0.2) is 0 Å². The van der Waals surface area contributed by atoms with E-state index in [1.807, 2.05) is 0 Å². The van der Waals surface area contributed by atoms with Crippen LogP contribution in [0.1, 0.15) is 9.67 Å². The topological polar surface area (TPSA) is 89.3 Å². The molecule has 1 aromatic carbocycles. The highest BCUT2D eigenvalue weighted by atomic mass is 32.1. The van der Waals surface area contributed by atoms with Crippen LogP contribution in [0.25, 0.3) is 10.1 Å². The van der Waals surface area contributed by atoms with E-state index in [-0.39, 0.29) is 10.6 Å². The molecule has 0 aliphatic heterocycles. The Morgan fingerprint density at radius 1 is 1.43 bits per heavy atom. The molecule has 0 bridgehead atoms. The Labute approximate surface area is 83.8 Å². The van der Waals surface area contributed by atoms with Crippen molar-refractivity contribution in [1.82, 2.24) is 0 Å². The number of thiophene rings is 1. The third-order valence-electron chi connectivity index (χ3n) is 1.91. The fourth-order valence-electron chi connectivity index (χ4n) is 1.27. The van der Waals surface area contributed by atoms with Crippen LogP contribution in [-0.2, 0) is 0 Å². The van der Waals surface area contributed by atoms with Crippen LogP contribution in [0.4, 0.5) is 5.69 Å². The maximum atomic E-state index is 10.9. The SMILES string of the molecule is NC(=O)c1sc2ccc(N)cc2c1O. The van der Waals surface area contributed by atoms with Gasteiger partial charge in [-0.1, -0.05) is 0 Å². The van der Waals surface area contributed by atoms with Crippen molar-refractivity contribution in [2.75, 3.05) is 5.73 Å². The molecule has 2 aromatic rings. The minimum atomic E-state index is -0.623. The standard InChI is InChI=1S/C9H8N2O2S/c10-4-1-2-6-5(3-4)7(12)8(14-6)9(11)13/h1-3,12H,10H2,(H2,11,13). The summed E-state index contributed by atoms with van der Waals surface area (Å²) in [5.74, 6) is -0.702. The molecule has 2 rings (SSSR count). The fourth-order valence-corrected chi connectivity index (χ4v) is 2.20. The molecule has 0 fully saturated rings. The minimum Gasteiger partial charge on any atom is -0.506 e. The van der Waals surface area contributed by atoms with Crippen molar-refractivity contribution in [3.05, 3.63) is 23.1 Å². The monoisotopic (exact) mass is 208 g/mol. The highest BCUT2D eigenvalue weighted by Crippen LogP contribution is 2.37. The van der Waals surface area contributed by atoms with E-state index in [0.29, 0.717) is 11.1 Å². The van der Waals surface area contributed by atoms with Crippen molar-refractivity contribution in [2.24, 2.45) is 5.73 Å². The van der Waals surface area contributed by atoms with Crippen molar-refractivity contribution in [2.45, 2.75) is 0 Å². The Balaban J connectivity index is 2.80. The summed E-state index contributed by atoms with van der Waals surface area (Å²) in [6, 6.07) is 5.08. The summed E-state index contributed by atoms with van der Waals surface area (Å²) in [7, 11) is 0. The lowest BCUT2D eigenvalue weighted by Crippen LogP contribution is -2.08. The molecule has 4 nitrogen and oxygen atoms in total. The second-order valence-corrected chi connectivity index (χ2v) is 3.95. The number of primary amides is 1. The maximum Gasteiger partial charge on any atom is 0.262 e. The van der Waals surface area contributed by atoms with Crippen molar-refractivity contribution < 1.29 is 9.90 Å². The smallest absolute Gasteiger partial charge is 0.262 e. The molecule has 0 saturated heterocycles. The lowest BCUT2D eigenvalue weighted by atomic mass is 10.2. The second-order valence-electron chi connectivity index (χ2n) is 2.90. The third-order valence-corrected chi connectivity index (χ3v) is 3.08. The van der Waals surface area contributed by atoms with Gasteiger partial charge < -0.3 is 16.6 Å². The second kappa shape index (κ2) is 2.88. The first-order chi connectivity index (χ1) is 6.59. The van der Waals surface area contributed by atoms with Crippen molar-refractivity contribution in [1.29, 1.82) is 0 Å². The van der Waals surface area contributed by atoms with Gasteiger partial charge in [-0.15, -0.1) is 11.3 Å². The number of nitrogen functional groups attached to an aromatic ring is 1.